The lowest BCUT2D eigenvalue weighted by atomic mass is 9.98. The fourth-order valence-corrected chi connectivity index (χ4v) is 3.51. The second-order valence-corrected chi connectivity index (χ2v) is 5.82. The highest BCUT2D eigenvalue weighted by atomic mass is 16.3. The maximum Gasteiger partial charge on any atom is 0.272 e. The van der Waals surface area contributed by atoms with E-state index in [2.05, 4.69) is 9.88 Å². The van der Waals surface area contributed by atoms with Crippen molar-refractivity contribution in [3.05, 3.63) is 30.3 Å². The Balaban J connectivity index is 1.59. The van der Waals surface area contributed by atoms with E-state index in [0.29, 0.717) is 17.7 Å². The highest BCUT2D eigenvalue weighted by Gasteiger charge is 2.41. The molecule has 0 spiro atoms. The number of carbonyl (C=O) groups excluding carboxylic acids is 1. The second-order valence-electron chi connectivity index (χ2n) is 5.82. The quantitative estimate of drug-likeness (QED) is 0.832. The number of nitrogens with zero attached hydrogens (tertiary/aromatic N) is 3. The van der Waals surface area contributed by atoms with E-state index in [-0.39, 0.29) is 5.91 Å². The number of aromatic nitrogens is 1. The molecule has 5 heteroatoms. The van der Waals surface area contributed by atoms with E-state index in [1.165, 1.54) is 13.0 Å². The summed E-state index contributed by atoms with van der Waals surface area (Å²) < 4.78 is 5.26. The molecule has 3 atom stereocenters. The van der Waals surface area contributed by atoms with Crippen LogP contribution >= 0.6 is 0 Å². The van der Waals surface area contributed by atoms with Gasteiger partial charge >= 0.3 is 0 Å². The number of amides is 1. The van der Waals surface area contributed by atoms with Crippen molar-refractivity contribution in [2.75, 3.05) is 26.7 Å². The number of likely N-dealkylation sites (N-methyl/N-ethyl adjacent to an activating group) is 1. The number of fused-ring (bicyclic) bond motifs is 3. The molecule has 1 amide bonds. The number of hydrogen-bond donors (Lipinski definition) is 0. The molecule has 2 fully saturated rings. The zero-order valence-corrected chi connectivity index (χ0v) is 11.5. The molecule has 2 aromatic rings. The van der Waals surface area contributed by atoms with Crippen molar-refractivity contribution in [2.24, 2.45) is 5.92 Å². The summed E-state index contributed by atoms with van der Waals surface area (Å²) in [5.41, 5.74) is 1.22. The van der Waals surface area contributed by atoms with Gasteiger partial charge in [0.05, 0.1) is 12.5 Å². The third-order valence-electron chi connectivity index (χ3n) is 4.68. The maximum absolute atomic E-state index is 12.6. The van der Waals surface area contributed by atoms with Crippen molar-refractivity contribution in [1.82, 2.24) is 14.8 Å². The first-order valence-electron chi connectivity index (χ1n) is 7.05. The average Bonchev–Trinajstić information content (AvgIpc) is 3.19. The summed E-state index contributed by atoms with van der Waals surface area (Å²) in [7, 11) is 1.90. The van der Waals surface area contributed by atoms with E-state index in [1.54, 1.807) is 12.5 Å². The molecular formula is C15H17N3O2. The largest absolute Gasteiger partial charge is 0.463 e. The Kier molecular flexibility index (Phi) is 2.57. The first-order valence-corrected chi connectivity index (χ1v) is 7.05. The molecular weight excluding hydrogens is 254 g/mol. The molecule has 5 nitrogen and oxygen atoms in total. The van der Waals surface area contributed by atoms with Crippen molar-refractivity contribution in [3.8, 4) is 0 Å². The van der Waals surface area contributed by atoms with Crippen LogP contribution in [0.5, 0.6) is 0 Å². The highest BCUT2D eigenvalue weighted by Crippen LogP contribution is 2.31. The fourth-order valence-electron chi connectivity index (χ4n) is 3.51. The van der Waals surface area contributed by atoms with Gasteiger partial charge in [-0.3, -0.25) is 4.79 Å². The van der Waals surface area contributed by atoms with Crippen LogP contribution in [0.25, 0.3) is 11.0 Å². The minimum absolute atomic E-state index is 0.00634. The summed E-state index contributed by atoms with van der Waals surface area (Å²) in [6.07, 6.45) is 4.45. The molecule has 1 unspecified atom stereocenters. The summed E-state index contributed by atoms with van der Waals surface area (Å²) in [5, 5.41) is 0.924. The number of rotatable bonds is 2. The number of piperidine rings is 1. The van der Waals surface area contributed by atoms with E-state index in [9.17, 15) is 4.79 Å². The minimum atomic E-state index is 0.00634. The molecule has 2 saturated heterocycles. The van der Waals surface area contributed by atoms with Crippen molar-refractivity contribution in [1.29, 1.82) is 0 Å². The molecule has 0 radical (unpaired) electrons. The van der Waals surface area contributed by atoms with Gasteiger partial charge in [0.15, 0.2) is 5.58 Å². The molecule has 0 aromatic carbocycles. The zero-order valence-electron chi connectivity index (χ0n) is 11.5. The van der Waals surface area contributed by atoms with Gasteiger partial charge in [-0.25, -0.2) is 4.98 Å². The van der Waals surface area contributed by atoms with Crippen LogP contribution in [0.15, 0.2) is 29.0 Å². The fraction of sp³-hybridized carbons (Fsp3) is 0.467. The van der Waals surface area contributed by atoms with Gasteiger partial charge in [0.2, 0.25) is 0 Å². The van der Waals surface area contributed by atoms with E-state index >= 15 is 0 Å². The molecule has 4 rings (SSSR count). The first-order chi connectivity index (χ1) is 9.72. The summed E-state index contributed by atoms with van der Waals surface area (Å²) in [4.78, 5) is 21.1. The van der Waals surface area contributed by atoms with Crippen LogP contribution in [0, 0.1) is 5.92 Å². The Morgan fingerprint density at radius 3 is 3.15 bits per heavy atom. The van der Waals surface area contributed by atoms with Gasteiger partial charge in [-0.1, -0.05) is 0 Å². The Morgan fingerprint density at radius 1 is 1.50 bits per heavy atom. The molecule has 104 valence electrons. The zero-order chi connectivity index (χ0) is 13.7. The van der Waals surface area contributed by atoms with Crippen molar-refractivity contribution in [3.63, 3.8) is 0 Å². The van der Waals surface area contributed by atoms with Crippen LogP contribution in [-0.2, 0) is 0 Å². The van der Waals surface area contributed by atoms with Crippen LogP contribution in [-0.4, -0.2) is 53.4 Å². The predicted octanol–water partition coefficient (Wildman–Crippen LogP) is 1.60. The highest BCUT2D eigenvalue weighted by molar-refractivity contribution is 5.95. The lowest BCUT2D eigenvalue weighted by Crippen LogP contribution is -2.44. The van der Waals surface area contributed by atoms with Gasteiger partial charge in [-0.2, -0.15) is 0 Å². The molecule has 4 heterocycles. The van der Waals surface area contributed by atoms with Crippen molar-refractivity contribution >= 4 is 16.9 Å². The Bertz CT molecular complexity index is 666. The SMILES string of the molecule is CN(C(=O)c1cc2ccoc2cn1)[C@H]1CN2CC[C@H]1C2. The molecule has 2 bridgehead atoms. The second kappa shape index (κ2) is 4.31. The van der Waals surface area contributed by atoms with Crippen molar-refractivity contribution in [2.45, 2.75) is 12.5 Å². The molecule has 2 aliphatic rings. The van der Waals surface area contributed by atoms with Gasteiger partial charge < -0.3 is 14.2 Å². The maximum atomic E-state index is 12.6. The van der Waals surface area contributed by atoms with Crippen LogP contribution in [0.2, 0.25) is 0 Å². The standard InChI is InChI=1S/C15H17N3O2/c1-17(13-9-18-4-2-11(13)8-18)15(19)12-6-10-3-5-20-14(10)7-16-12/h3,5-7,11,13H,2,4,8-9H2,1H3/t11-,13-/m0/s1. The molecule has 0 N–H and O–H groups in total. The van der Waals surface area contributed by atoms with Gasteiger partial charge in [0, 0.05) is 31.6 Å². The van der Waals surface area contributed by atoms with E-state index in [4.69, 9.17) is 4.42 Å². The monoisotopic (exact) mass is 271 g/mol. The summed E-state index contributed by atoms with van der Waals surface area (Å²) in [6, 6.07) is 4.00. The van der Waals surface area contributed by atoms with Crippen LogP contribution in [0.1, 0.15) is 16.9 Å². The summed E-state index contributed by atoms with van der Waals surface area (Å²) in [5.74, 6) is 0.633. The Morgan fingerprint density at radius 2 is 2.40 bits per heavy atom. The molecule has 0 saturated carbocycles. The average molecular weight is 271 g/mol. The predicted molar refractivity (Wildman–Crippen MR) is 74.4 cm³/mol. The number of furan rings is 1. The van der Waals surface area contributed by atoms with Gasteiger partial charge in [0.1, 0.15) is 5.69 Å². The molecule has 2 aliphatic heterocycles. The molecule has 2 aromatic heterocycles. The lowest BCUT2D eigenvalue weighted by molar-refractivity contribution is 0.0678. The van der Waals surface area contributed by atoms with Gasteiger partial charge in [0.25, 0.3) is 5.91 Å². The van der Waals surface area contributed by atoms with Gasteiger partial charge in [-0.05, 0) is 31.0 Å². The smallest absolute Gasteiger partial charge is 0.272 e. The molecule has 20 heavy (non-hydrogen) atoms. The van der Waals surface area contributed by atoms with Crippen LogP contribution in [0.4, 0.5) is 0 Å². The summed E-state index contributed by atoms with van der Waals surface area (Å²) in [6.45, 7) is 3.32. The number of pyridine rings is 1. The topological polar surface area (TPSA) is 49.6 Å². The van der Waals surface area contributed by atoms with E-state index < -0.39 is 0 Å². The minimum Gasteiger partial charge on any atom is -0.463 e. The first kappa shape index (κ1) is 11.9. The third kappa shape index (κ3) is 1.73. The van der Waals surface area contributed by atoms with E-state index in [1.807, 2.05) is 24.1 Å². The van der Waals surface area contributed by atoms with E-state index in [0.717, 1.165) is 24.1 Å². The Hall–Kier alpha value is -1.88. The van der Waals surface area contributed by atoms with Crippen LogP contribution in [0.3, 0.4) is 0 Å². The number of carbonyl (C=O) groups is 1. The Labute approximate surface area is 117 Å². The third-order valence-corrected chi connectivity index (χ3v) is 4.68. The van der Waals surface area contributed by atoms with Gasteiger partial charge in [-0.15, -0.1) is 0 Å². The van der Waals surface area contributed by atoms with Crippen LogP contribution < -0.4 is 0 Å². The summed E-state index contributed by atoms with van der Waals surface area (Å²) >= 11 is 0. The number of hydrogen-bond acceptors (Lipinski definition) is 4. The van der Waals surface area contributed by atoms with Crippen molar-refractivity contribution < 1.29 is 9.21 Å². The molecule has 0 aliphatic carbocycles. The normalized spacial score (nSPS) is 28.1. The lowest BCUT2D eigenvalue weighted by Gasteiger charge is -2.31.